The second-order valence-corrected chi connectivity index (χ2v) is 4.34. The Balaban J connectivity index is 2.20. The van der Waals surface area contributed by atoms with Crippen LogP contribution in [0.15, 0.2) is 12.3 Å². The number of rotatable bonds is 1. The summed E-state index contributed by atoms with van der Waals surface area (Å²) in [5.74, 6) is -0.856. The van der Waals surface area contributed by atoms with Gasteiger partial charge in [0.25, 0.3) is 0 Å². The molecular weight excluding hydrogens is 200 g/mol. The maximum Gasteiger partial charge on any atom is 0.345 e. The van der Waals surface area contributed by atoms with E-state index in [4.69, 9.17) is 5.11 Å². The molecule has 0 aliphatic heterocycles. The quantitative estimate of drug-likeness (QED) is 0.637. The lowest BCUT2D eigenvalue weighted by atomic mass is 10.2. The molecule has 1 aliphatic carbocycles. The van der Waals surface area contributed by atoms with Gasteiger partial charge in [-0.15, -0.1) is 11.3 Å². The maximum absolute atomic E-state index is 10.7. The average molecular weight is 206 g/mol. The lowest BCUT2D eigenvalue weighted by Gasteiger charge is -1.87. The van der Waals surface area contributed by atoms with Gasteiger partial charge >= 0.3 is 5.97 Å². The molecule has 0 amide bonds. The number of carboxylic acid groups (broad SMARTS) is 1. The number of carboxylic acids is 1. The van der Waals surface area contributed by atoms with Gasteiger partial charge in [-0.1, -0.05) is 0 Å². The van der Waals surface area contributed by atoms with Gasteiger partial charge in [-0.2, -0.15) is 5.10 Å². The Kier molecular flexibility index (Phi) is 1.36. The highest BCUT2D eigenvalue weighted by Gasteiger charge is 2.24. The Bertz CT molecular complexity index is 527. The van der Waals surface area contributed by atoms with Crippen molar-refractivity contribution in [2.75, 3.05) is 0 Å². The fourth-order valence-corrected chi connectivity index (χ4v) is 2.76. The Morgan fingerprint density at radius 3 is 3.29 bits per heavy atom. The molecule has 3 rings (SSSR count). The molecule has 14 heavy (non-hydrogen) atoms. The molecule has 0 saturated heterocycles. The van der Waals surface area contributed by atoms with Crippen molar-refractivity contribution in [3.8, 4) is 11.3 Å². The molecule has 1 aliphatic rings. The standard InChI is InChI=1S/C9H6N2O2S/c12-9(13)7-2-5-6(14-7)1-4-3-10-11-8(4)5/h2-3H,1H2,(H,10,11)(H,12,13). The van der Waals surface area contributed by atoms with Gasteiger partial charge in [0.2, 0.25) is 0 Å². The molecular formula is C9H6N2O2S. The first-order valence-electron chi connectivity index (χ1n) is 4.14. The molecule has 0 atom stereocenters. The maximum atomic E-state index is 10.7. The predicted octanol–water partition coefficient (Wildman–Crippen LogP) is 1.74. The number of fused-ring (bicyclic) bond motifs is 3. The largest absolute Gasteiger partial charge is 0.477 e. The van der Waals surface area contributed by atoms with E-state index in [1.54, 1.807) is 12.3 Å². The van der Waals surface area contributed by atoms with Crippen molar-refractivity contribution in [1.82, 2.24) is 10.2 Å². The minimum absolute atomic E-state index is 0.398. The van der Waals surface area contributed by atoms with E-state index in [1.165, 1.54) is 11.3 Å². The fourth-order valence-electron chi connectivity index (χ4n) is 1.73. The average Bonchev–Trinajstić information content (AvgIpc) is 2.70. The summed E-state index contributed by atoms with van der Waals surface area (Å²) in [4.78, 5) is 12.3. The summed E-state index contributed by atoms with van der Waals surface area (Å²) in [5, 5.41) is 15.6. The van der Waals surface area contributed by atoms with Gasteiger partial charge in [-0.3, -0.25) is 5.10 Å². The zero-order valence-electron chi connectivity index (χ0n) is 7.07. The van der Waals surface area contributed by atoms with Crippen LogP contribution in [0.4, 0.5) is 0 Å². The Labute approximate surface area is 83.2 Å². The third-order valence-corrected chi connectivity index (χ3v) is 3.48. The lowest BCUT2D eigenvalue weighted by Crippen LogP contribution is -1.90. The predicted molar refractivity (Wildman–Crippen MR) is 51.7 cm³/mol. The molecule has 2 heterocycles. The zero-order chi connectivity index (χ0) is 9.71. The number of carbonyl (C=O) groups is 1. The number of hydrogen-bond acceptors (Lipinski definition) is 3. The van der Waals surface area contributed by atoms with Crippen LogP contribution < -0.4 is 0 Å². The highest BCUT2D eigenvalue weighted by Crippen LogP contribution is 2.40. The van der Waals surface area contributed by atoms with Crippen molar-refractivity contribution in [2.45, 2.75) is 6.42 Å². The number of hydrogen-bond donors (Lipinski definition) is 2. The second kappa shape index (κ2) is 2.45. The van der Waals surface area contributed by atoms with Gasteiger partial charge in [0.05, 0.1) is 11.9 Å². The third-order valence-electron chi connectivity index (χ3n) is 2.36. The van der Waals surface area contributed by atoms with Crippen LogP contribution in [-0.2, 0) is 6.42 Å². The number of aromatic nitrogens is 2. The van der Waals surface area contributed by atoms with E-state index in [2.05, 4.69) is 10.2 Å². The van der Waals surface area contributed by atoms with Crippen LogP contribution in [0.1, 0.15) is 20.1 Å². The van der Waals surface area contributed by atoms with Gasteiger partial charge in [0, 0.05) is 22.4 Å². The van der Waals surface area contributed by atoms with Gasteiger partial charge in [-0.05, 0) is 6.07 Å². The van der Waals surface area contributed by atoms with E-state index < -0.39 is 5.97 Å². The van der Waals surface area contributed by atoms with Gasteiger partial charge in [0.15, 0.2) is 0 Å². The van der Waals surface area contributed by atoms with E-state index in [1.807, 2.05) is 0 Å². The summed E-state index contributed by atoms with van der Waals surface area (Å²) in [6.45, 7) is 0. The molecule has 5 heteroatoms. The van der Waals surface area contributed by atoms with Gasteiger partial charge < -0.3 is 5.11 Å². The lowest BCUT2D eigenvalue weighted by molar-refractivity contribution is 0.0702. The van der Waals surface area contributed by atoms with E-state index in [0.717, 1.165) is 28.1 Å². The molecule has 0 unspecified atom stereocenters. The number of nitrogens with zero attached hydrogens (tertiary/aromatic N) is 1. The van der Waals surface area contributed by atoms with E-state index >= 15 is 0 Å². The molecule has 0 bridgehead atoms. The first kappa shape index (κ1) is 7.75. The molecule has 0 spiro atoms. The fraction of sp³-hybridized carbons (Fsp3) is 0.111. The topological polar surface area (TPSA) is 66.0 Å². The van der Waals surface area contributed by atoms with Crippen LogP contribution in [0.25, 0.3) is 11.3 Å². The van der Waals surface area contributed by atoms with Crippen LogP contribution in [0.5, 0.6) is 0 Å². The number of aromatic amines is 1. The molecule has 2 aromatic rings. The summed E-state index contributed by atoms with van der Waals surface area (Å²) >= 11 is 1.34. The van der Waals surface area contributed by atoms with E-state index in [0.29, 0.717) is 4.88 Å². The normalized spacial score (nSPS) is 12.6. The van der Waals surface area contributed by atoms with Crippen LogP contribution in [0.3, 0.4) is 0 Å². The van der Waals surface area contributed by atoms with Crippen molar-refractivity contribution in [2.24, 2.45) is 0 Å². The molecule has 70 valence electrons. The summed E-state index contributed by atoms with van der Waals surface area (Å²) < 4.78 is 0. The van der Waals surface area contributed by atoms with Crippen molar-refractivity contribution in [3.05, 3.63) is 27.6 Å². The molecule has 0 aromatic carbocycles. The molecule has 2 aromatic heterocycles. The van der Waals surface area contributed by atoms with E-state index in [-0.39, 0.29) is 0 Å². The molecule has 0 radical (unpaired) electrons. The third kappa shape index (κ3) is 0.871. The number of nitrogens with one attached hydrogen (secondary N) is 1. The summed E-state index contributed by atoms with van der Waals surface area (Å²) in [7, 11) is 0. The number of thiophene rings is 1. The van der Waals surface area contributed by atoms with Crippen LogP contribution in [0, 0.1) is 0 Å². The highest BCUT2D eigenvalue weighted by molar-refractivity contribution is 7.14. The van der Waals surface area contributed by atoms with Crippen LogP contribution in [-0.4, -0.2) is 21.3 Å². The number of H-pyrrole nitrogens is 1. The van der Waals surface area contributed by atoms with Gasteiger partial charge in [0.1, 0.15) is 4.88 Å². The Morgan fingerprint density at radius 2 is 2.50 bits per heavy atom. The zero-order valence-corrected chi connectivity index (χ0v) is 7.89. The SMILES string of the molecule is O=C(O)c1cc2c(s1)Cc1cn[nH]c1-2. The summed E-state index contributed by atoms with van der Waals surface area (Å²) in [6, 6.07) is 1.71. The van der Waals surface area contributed by atoms with Crippen molar-refractivity contribution in [1.29, 1.82) is 0 Å². The van der Waals surface area contributed by atoms with Crippen molar-refractivity contribution >= 4 is 17.3 Å². The monoisotopic (exact) mass is 206 g/mol. The van der Waals surface area contributed by atoms with Crippen LogP contribution >= 0.6 is 11.3 Å². The minimum Gasteiger partial charge on any atom is -0.477 e. The second-order valence-electron chi connectivity index (χ2n) is 3.20. The minimum atomic E-state index is -0.856. The summed E-state index contributed by atoms with van der Waals surface area (Å²) in [6.07, 6.45) is 2.60. The molecule has 4 nitrogen and oxygen atoms in total. The highest BCUT2D eigenvalue weighted by atomic mass is 32.1. The summed E-state index contributed by atoms with van der Waals surface area (Å²) in [5.41, 5.74) is 3.13. The number of aromatic carboxylic acids is 1. The smallest absolute Gasteiger partial charge is 0.345 e. The molecule has 2 N–H and O–H groups in total. The van der Waals surface area contributed by atoms with Crippen molar-refractivity contribution in [3.63, 3.8) is 0 Å². The molecule has 0 fully saturated rings. The Morgan fingerprint density at radius 1 is 1.64 bits per heavy atom. The van der Waals surface area contributed by atoms with Gasteiger partial charge in [-0.25, -0.2) is 4.79 Å². The van der Waals surface area contributed by atoms with Crippen molar-refractivity contribution < 1.29 is 9.90 Å². The first-order chi connectivity index (χ1) is 6.75. The first-order valence-corrected chi connectivity index (χ1v) is 4.96. The van der Waals surface area contributed by atoms with E-state index in [9.17, 15) is 4.79 Å². The van der Waals surface area contributed by atoms with Crippen LogP contribution in [0.2, 0.25) is 0 Å². The Hall–Kier alpha value is -1.62. The molecule has 0 saturated carbocycles.